The van der Waals surface area contributed by atoms with E-state index in [-0.39, 0.29) is 5.56 Å². The van der Waals surface area contributed by atoms with E-state index in [0.29, 0.717) is 17.2 Å². The zero-order valence-electron chi connectivity index (χ0n) is 11.0. The first-order chi connectivity index (χ1) is 9.70. The Hall–Kier alpha value is -1.95. The van der Waals surface area contributed by atoms with Gasteiger partial charge in [0.1, 0.15) is 11.6 Å². The van der Waals surface area contributed by atoms with E-state index in [0.717, 1.165) is 12.1 Å². The van der Waals surface area contributed by atoms with Crippen LogP contribution < -0.4 is 5.73 Å². The van der Waals surface area contributed by atoms with Crippen LogP contribution in [0.3, 0.4) is 0 Å². The van der Waals surface area contributed by atoms with E-state index in [4.69, 9.17) is 5.73 Å². The highest BCUT2D eigenvalue weighted by atomic mass is 19.4. The van der Waals surface area contributed by atoms with Crippen LogP contribution in [0.2, 0.25) is 0 Å². The summed E-state index contributed by atoms with van der Waals surface area (Å²) in [6, 6.07) is 5.80. The van der Waals surface area contributed by atoms with Crippen LogP contribution in [-0.4, -0.2) is 0 Å². The van der Waals surface area contributed by atoms with E-state index >= 15 is 0 Å². The Kier molecular flexibility index (Phi) is 4.00. The minimum atomic E-state index is -4.76. The summed E-state index contributed by atoms with van der Waals surface area (Å²) < 4.78 is 64.4. The Morgan fingerprint density at radius 3 is 1.90 bits per heavy atom. The van der Waals surface area contributed by atoms with Crippen molar-refractivity contribution in [3.63, 3.8) is 0 Å². The lowest BCUT2D eigenvalue weighted by atomic mass is 9.97. The molecule has 0 heterocycles. The summed E-state index contributed by atoms with van der Waals surface area (Å²) in [6.07, 6.45) is -4.76. The smallest absolute Gasteiger partial charge is 0.320 e. The van der Waals surface area contributed by atoms with Gasteiger partial charge in [-0.3, -0.25) is 0 Å². The minimum absolute atomic E-state index is 0.142. The third-order valence-corrected chi connectivity index (χ3v) is 3.21. The van der Waals surface area contributed by atoms with Gasteiger partial charge >= 0.3 is 6.18 Å². The molecule has 2 N–H and O–H groups in total. The van der Waals surface area contributed by atoms with Crippen molar-refractivity contribution >= 4 is 0 Å². The van der Waals surface area contributed by atoms with Crippen molar-refractivity contribution in [1.82, 2.24) is 0 Å². The van der Waals surface area contributed by atoms with Crippen LogP contribution in [0, 0.1) is 18.6 Å². The summed E-state index contributed by atoms with van der Waals surface area (Å²) in [5, 5.41) is 0. The van der Waals surface area contributed by atoms with Crippen molar-refractivity contribution in [2.75, 3.05) is 0 Å². The van der Waals surface area contributed by atoms with Crippen LogP contribution in [0.15, 0.2) is 36.4 Å². The third kappa shape index (κ3) is 3.21. The molecule has 0 aliphatic rings. The highest BCUT2D eigenvalue weighted by Crippen LogP contribution is 2.33. The van der Waals surface area contributed by atoms with Crippen molar-refractivity contribution in [2.45, 2.75) is 19.1 Å². The molecule has 0 aliphatic heterocycles. The normalized spacial score (nSPS) is 13.3. The summed E-state index contributed by atoms with van der Waals surface area (Å²) in [7, 11) is 0. The molecule has 0 saturated carbocycles. The molecule has 21 heavy (non-hydrogen) atoms. The molecule has 1 atom stereocenters. The lowest BCUT2D eigenvalue weighted by Gasteiger charge is -2.15. The molecule has 2 rings (SSSR count). The van der Waals surface area contributed by atoms with Gasteiger partial charge in [-0.05, 0) is 41.8 Å². The van der Waals surface area contributed by atoms with E-state index in [9.17, 15) is 22.0 Å². The molecule has 112 valence electrons. The number of hydrogen-bond acceptors (Lipinski definition) is 1. The molecule has 0 aliphatic carbocycles. The van der Waals surface area contributed by atoms with Crippen LogP contribution in [0.5, 0.6) is 0 Å². The molecule has 0 bridgehead atoms. The van der Waals surface area contributed by atoms with E-state index in [1.807, 2.05) is 0 Å². The summed E-state index contributed by atoms with van der Waals surface area (Å²) in [5.41, 5.74) is 5.42. The van der Waals surface area contributed by atoms with Crippen molar-refractivity contribution in [3.8, 4) is 0 Å². The molecule has 0 spiro atoms. The quantitative estimate of drug-likeness (QED) is 0.820. The lowest BCUT2D eigenvalue weighted by molar-refractivity contribution is -0.140. The Morgan fingerprint density at radius 1 is 0.905 bits per heavy atom. The fourth-order valence-corrected chi connectivity index (χ4v) is 1.95. The van der Waals surface area contributed by atoms with Crippen molar-refractivity contribution in [3.05, 3.63) is 70.3 Å². The molecule has 2 aromatic carbocycles. The van der Waals surface area contributed by atoms with Gasteiger partial charge in [-0.1, -0.05) is 18.2 Å². The highest BCUT2D eigenvalue weighted by Gasteiger charge is 2.34. The van der Waals surface area contributed by atoms with Gasteiger partial charge in [0.15, 0.2) is 0 Å². The fourth-order valence-electron chi connectivity index (χ4n) is 1.95. The first-order valence-electron chi connectivity index (χ1n) is 6.08. The topological polar surface area (TPSA) is 26.0 Å². The predicted octanol–water partition coefficient (Wildman–Crippen LogP) is 4.34. The molecule has 0 fully saturated rings. The molecule has 1 unspecified atom stereocenters. The first kappa shape index (κ1) is 15.4. The van der Waals surface area contributed by atoms with Crippen molar-refractivity contribution < 1.29 is 22.0 Å². The highest BCUT2D eigenvalue weighted by molar-refractivity contribution is 5.36. The number of rotatable bonds is 2. The van der Waals surface area contributed by atoms with Gasteiger partial charge in [0, 0.05) is 0 Å². The van der Waals surface area contributed by atoms with E-state index in [1.165, 1.54) is 12.1 Å². The predicted molar refractivity (Wildman–Crippen MR) is 68.6 cm³/mol. The number of hydrogen-bond donors (Lipinski definition) is 1. The maximum absolute atomic E-state index is 13.5. The SMILES string of the molecule is Cc1ccc(C(N)c2ccc(C(F)(F)F)c(F)c2)cc1F. The second-order valence-electron chi connectivity index (χ2n) is 4.72. The Bertz CT molecular complexity index is 664. The molecule has 0 saturated heterocycles. The maximum Gasteiger partial charge on any atom is 0.419 e. The Labute approximate surface area is 118 Å². The molecule has 2 aromatic rings. The van der Waals surface area contributed by atoms with Gasteiger partial charge in [-0.25, -0.2) is 8.78 Å². The lowest BCUT2D eigenvalue weighted by Crippen LogP contribution is -2.14. The zero-order chi connectivity index (χ0) is 15.8. The zero-order valence-corrected chi connectivity index (χ0v) is 11.0. The molecular weight excluding hydrogens is 289 g/mol. The molecule has 0 aromatic heterocycles. The van der Waals surface area contributed by atoms with Gasteiger partial charge in [-0.15, -0.1) is 0 Å². The van der Waals surface area contributed by atoms with Gasteiger partial charge < -0.3 is 5.73 Å². The number of halogens is 5. The van der Waals surface area contributed by atoms with E-state index in [2.05, 4.69) is 0 Å². The summed E-state index contributed by atoms with van der Waals surface area (Å²) in [4.78, 5) is 0. The average molecular weight is 301 g/mol. The maximum atomic E-state index is 13.5. The van der Waals surface area contributed by atoms with E-state index < -0.39 is 29.4 Å². The Balaban J connectivity index is 2.38. The molecule has 0 radical (unpaired) electrons. The van der Waals surface area contributed by atoms with Crippen LogP contribution >= 0.6 is 0 Å². The number of aryl methyl sites for hydroxylation is 1. The summed E-state index contributed by atoms with van der Waals surface area (Å²) in [5.74, 6) is -1.88. The van der Waals surface area contributed by atoms with Gasteiger partial charge in [0.25, 0.3) is 0 Å². The number of benzene rings is 2. The van der Waals surface area contributed by atoms with Crippen LogP contribution in [0.25, 0.3) is 0 Å². The second-order valence-corrected chi connectivity index (χ2v) is 4.72. The molecular formula is C15H12F5N. The van der Waals surface area contributed by atoms with Gasteiger partial charge in [0.05, 0.1) is 11.6 Å². The van der Waals surface area contributed by atoms with Crippen LogP contribution in [0.1, 0.15) is 28.3 Å². The summed E-state index contributed by atoms with van der Waals surface area (Å²) in [6.45, 7) is 1.57. The third-order valence-electron chi connectivity index (χ3n) is 3.21. The standard InChI is InChI=1S/C15H12F5N/c1-8-2-3-9(6-12(8)16)14(21)10-4-5-11(13(17)7-10)15(18,19)20/h2-7,14H,21H2,1H3. The van der Waals surface area contributed by atoms with Gasteiger partial charge in [0.2, 0.25) is 0 Å². The Morgan fingerprint density at radius 2 is 1.43 bits per heavy atom. The number of alkyl halides is 3. The fraction of sp³-hybridized carbons (Fsp3) is 0.200. The van der Waals surface area contributed by atoms with Crippen molar-refractivity contribution in [2.24, 2.45) is 5.73 Å². The van der Waals surface area contributed by atoms with Crippen molar-refractivity contribution in [1.29, 1.82) is 0 Å². The van der Waals surface area contributed by atoms with E-state index in [1.54, 1.807) is 13.0 Å². The van der Waals surface area contributed by atoms with Crippen LogP contribution in [-0.2, 0) is 6.18 Å². The number of nitrogens with two attached hydrogens (primary N) is 1. The molecule has 0 amide bonds. The largest absolute Gasteiger partial charge is 0.419 e. The average Bonchev–Trinajstić information content (AvgIpc) is 2.39. The molecule has 6 heteroatoms. The second kappa shape index (κ2) is 5.44. The minimum Gasteiger partial charge on any atom is -0.320 e. The van der Waals surface area contributed by atoms with Gasteiger partial charge in [-0.2, -0.15) is 13.2 Å². The summed E-state index contributed by atoms with van der Waals surface area (Å²) >= 11 is 0. The monoisotopic (exact) mass is 301 g/mol. The first-order valence-corrected chi connectivity index (χ1v) is 6.08. The van der Waals surface area contributed by atoms with Crippen LogP contribution in [0.4, 0.5) is 22.0 Å². The molecule has 1 nitrogen and oxygen atoms in total.